The third-order valence-electron chi connectivity index (χ3n) is 3.62. The van der Waals surface area contributed by atoms with Crippen LogP contribution < -0.4 is 0 Å². The van der Waals surface area contributed by atoms with Crippen LogP contribution in [-0.2, 0) is 6.16 Å². The number of hydrogen-bond acceptors (Lipinski definition) is 0. The molecule has 0 N–H and O–H groups in total. The van der Waals surface area contributed by atoms with Gasteiger partial charge in [0.1, 0.15) is 5.82 Å². The molecule has 3 aromatic rings. The summed E-state index contributed by atoms with van der Waals surface area (Å²) in [5.41, 5.74) is 5.91. The molecule has 0 heterocycles. The second-order valence-electron chi connectivity index (χ2n) is 4.91. The Hall–Kier alpha value is -1.98. The van der Waals surface area contributed by atoms with Gasteiger partial charge in [-0.3, -0.25) is 0 Å². The van der Waals surface area contributed by atoms with Gasteiger partial charge in [-0.15, -0.1) is 9.24 Å². The summed E-state index contributed by atoms with van der Waals surface area (Å²) >= 11 is 0. The van der Waals surface area contributed by atoms with Crippen LogP contribution in [0.25, 0.3) is 22.3 Å². The van der Waals surface area contributed by atoms with E-state index in [0.29, 0.717) is 0 Å². The molecule has 104 valence electrons. The molecule has 0 saturated heterocycles. The Morgan fingerprint density at radius 1 is 0.667 bits per heavy atom. The minimum atomic E-state index is -0.203. The van der Waals surface area contributed by atoms with E-state index < -0.39 is 0 Å². The number of hydrogen-bond donors (Lipinski definition) is 0. The standard InChI is InChI=1S/C19H16FP/c20-16-11-9-15(10-12-16)18-8-4-7-17(19(18)13-21)14-5-2-1-3-6-14/h1-12H,13,21H2. The highest BCUT2D eigenvalue weighted by Crippen LogP contribution is 2.33. The molecule has 3 aromatic carbocycles. The Labute approximate surface area is 126 Å². The zero-order valence-electron chi connectivity index (χ0n) is 11.6. The summed E-state index contributed by atoms with van der Waals surface area (Å²) in [5, 5.41) is 0. The van der Waals surface area contributed by atoms with Gasteiger partial charge in [-0.2, -0.15) is 0 Å². The molecule has 0 radical (unpaired) electrons. The normalized spacial score (nSPS) is 10.6. The number of benzene rings is 3. The summed E-state index contributed by atoms with van der Waals surface area (Å²) in [4.78, 5) is 0. The Morgan fingerprint density at radius 2 is 1.24 bits per heavy atom. The SMILES string of the molecule is Fc1ccc(-c2cccc(-c3ccccc3)c2CP)cc1. The lowest BCUT2D eigenvalue weighted by Crippen LogP contribution is -1.91. The molecule has 0 aliphatic rings. The van der Waals surface area contributed by atoms with Crippen molar-refractivity contribution in [3.8, 4) is 22.3 Å². The molecule has 1 unspecified atom stereocenters. The molecule has 0 bridgehead atoms. The summed E-state index contributed by atoms with van der Waals surface area (Å²) in [6, 6.07) is 23.3. The van der Waals surface area contributed by atoms with E-state index in [1.54, 1.807) is 0 Å². The maximum Gasteiger partial charge on any atom is 0.123 e. The average molecular weight is 294 g/mol. The molecule has 1 atom stereocenters. The van der Waals surface area contributed by atoms with Crippen molar-refractivity contribution in [2.24, 2.45) is 0 Å². The van der Waals surface area contributed by atoms with Crippen LogP contribution in [0.4, 0.5) is 4.39 Å². The Kier molecular flexibility index (Phi) is 4.13. The highest BCUT2D eigenvalue weighted by Gasteiger charge is 2.10. The third-order valence-corrected chi connectivity index (χ3v) is 4.03. The Bertz CT molecular complexity index is 733. The number of halogens is 1. The van der Waals surface area contributed by atoms with Crippen LogP contribution in [0.3, 0.4) is 0 Å². The smallest absolute Gasteiger partial charge is 0.123 e. The molecule has 21 heavy (non-hydrogen) atoms. The molecule has 0 spiro atoms. The fourth-order valence-corrected chi connectivity index (χ4v) is 3.03. The third kappa shape index (κ3) is 2.89. The Balaban J connectivity index is 2.17. The van der Waals surface area contributed by atoms with Gasteiger partial charge in [-0.05, 0) is 46.1 Å². The lowest BCUT2D eigenvalue weighted by molar-refractivity contribution is 0.628. The van der Waals surface area contributed by atoms with E-state index in [-0.39, 0.29) is 5.82 Å². The topological polar surface area (TPSA) is 0 Å². The lowest BCUT2D eigenvalue weighted by atomic mass is 9.93. The molecule has 3 rings (SSSR count). The average Bonchev–Trinajstić information content (AvgIpc) is 2.55. The van der Waals surface area contributed by atoms with E-state index in [1.165, 1.54) is 28.8 Å². The molecule has 0 nitrogen and oxygen atoms in total. The van der Waals surface area contributed by atoms with E-state index in [0.717, 1.165) is 17.3 Å². The van der Waals surface area contributed by atoms with E-state index in [9.17, 15) is 4.39 Å². The monoisotopic (exact) mass is 294 g/mol. The zero-order chi connectivity index (χ0) is 14.7. The molecule has 0 saturated carbocycles. The largest absolute Gasteiger partial charge is 0.207 e. The molecule has 0 aliphatic carbocycles. The van der Waals surface area contributed by atoms with Gasteiger partial charge in [0.15, 0.2) is 0 Å². The van der Waals surface area contributed by atoms with Crippen LogP contribution in [0, 0.1) is 5.82 Å². The van der Waals surface area contributed by atoms with Crippen LogP contribution in [0.2, 0.25) is 0 Å². The molecule has 0 amide bonds. The van der Waals surface area contributed by atoms with Gasteiger partial charge in [-0.25, -0.2) is 4.39 Å². The summed E-state index contributed by atoms with van der Waals surface area (Å²) < 4.78 is 13.1. The van der Waals surface area contributed by atoms with Crippen molar-refractivity contribution in [3.05, 3.63) is 84.2 Å². The van der Waals surface area contributed by atoms with Gasteiger partial charge in [0, 0.05) is 0 Å². The highest BCUT2D eigenvalue weighted by molar-refractivity contribution is 7.15. The van der Waals surface area contributed by atoms with Crippen molar-refractivity contribution in [1.82, 2.24) is 0 Å². The summed E-state index contributed by atoms with van der Waals surface area (Å²) in [7, 11) is 2.80. The van der Waals surface area contributed by atoms with Gasteiger partial charge >= 0.3 is 0 Å². The highest BCUT2D eigenvalue weighted by atomic mass is 31.0. The van der Waals surface area contributed by atoms with Crippen LogP contribution >= 0.6 is 9.24 Å². The van der Waals surface area contributed by atoms with E-state index in [1.807, 2.05) is 30.3 Å². The van der Waals surface area contributed by atoms with E-state index in [2.05, 4.69) is 39.6 Å². The van der Waals surface area contributed by atoms with Crippen LogP contribution in [0.1, 0.15) is 5.56 Å². The van der Waals surface area contributed by atoms with Crippen LogP contribution in [0.15, 0.2) is 72.8 Å². The Morgan fingerprint density at radius 3 is 1.81 bits per heavy atom. The van der Waals surface area contributed by atoms with Gasteiger partial charge in [0.05, 0.1) is 0 Å². The van der Waals surface area contributed by atoms with Crippen molar-refractivity contribution in [2.45, 2.75) is 6.16 Å². The molecule has 2 heteroatoms. The second kappa shape index (κ2) is 6.20. The van der Waals surface area contributed by atoms with Crippen LogP contribution in [0.5, 0.6) is 0 Å². The van der Waals surface area contributed by atoms with Crippen molar-refractivity contribution in [2.75, 3.05) is 0 Å². The summed E-state index contributed by atoms with van der Waals surface area (Å²) in [6.45, 7) is 0. The van der Waals surface area contributed by atoms with Crippen LogP contribution in [-0.4, -0.2) is 0 Å². The quantitative estimate of drug-likeness (QED) is 0.557. The summed E-state index contributed by atoms with van der Waals surface area (Å²) in [5.74, 6) is -0.203. The van der Waals surface area contributed by atoms with Gasteiger partial charge in [0.25, 0.3) is 0 Å². The minimum absolute atomic E-state index is 0.203. The van der Waals surface area contributed by atoms with Gasteiger partial charge in [-0.1, -0.05) is 60.7 Å². The molecular weight excluding hydrogens is 278 g/mol. The molecular formula is C19H16FP. The zero-order valence-corrected chi connectivity index (χ0v) is 12.7. The van der Waals surface area contributed by atoms with Gasteiger partial charge in [0.2, 0.25) is 0 Å². The second-order valence-corrected chi connectivity index (χ2v) is 5.32. The van der Waals surface area contributed by atoms with Crippen molar-refractivity contribution < 1.29 is 4.39 Å². The first kappa shape index (κ1) is 14.0. The van der Waals surface area contributed by atoms with E-state index in [4.69, 9.17) is 0 Å². The fraction of sp³-hybridized carbons (Fsp3) is 0.0526. The first-order chi connectivity index (χ1) is 10.3. The maximum absolute atomic E-state index is 13.1. The molecule has 0 aliphatic heterocycles. The predicted octanol–water partition coefficient (Wildman–Crippen LogP) is 5.53. The van der Waals surface area contributed by atoms with E-state index >= 15 is 0 Å². The molecule has 0 fully saturated rings. The maximum atomic E-state index is 13.1. The lowest BCUT2D eigenvalue weighted by Gasteiger charge is -2.14. The fourth-order valence-electron chi connectivity index (χ4n) is 2.59. The first-order valence-electron chi connectivity index (χ1n) is 6.93. The molecule has 0 aromatic heterocycles. The van der Waals surface area contributed by atoms with Gasteiger partial charge < -0.3 is 0 Å². The van der Waals surface area contributed by atoms with Crippen molar-refractivity contribution in [1.29, 1.82) is 0 Å². The van der Waals surface area contributed by atoms with Crippen molar-refractivity contribution >= 4 is 9.24 Å². The predicted molar refractivity (Wildman–Crippen MR) is 90.7 cm³/mol. The summed E-state index contributed by atoms with van der Waals surface area (Å²) in [6.07, 6.45) is 0.859. The van der Waals surface area contributed by atoms with Crippen molar-refractivity contribution in [3.63, 3.8) is 0 Å². The number of rotatable bonds is 3. The minimum Gasteiger partial charge on any atom is -0.207 e. The first-order valence-corrected chi connectivity index (χ1v) is 7.74.